The smallest absolute Gasteiger partial charge is 0.289 e. The molecule has 6 nitrogen and oxygen atoms in total. The lowest BCUT2D eigenvalue weighted by Gasteiger charge is -2.25. The molecule has 1 N–H and O–H groups in total. The van der Waals surface area contributed by atoms with Gasteiger partial charge in [-0.3, -0.25) is 9.69 Å². The van der Waals surface area contributed by atoms with Gasteiger partial charge in [0.25, 0.3) is 5.91 Å². The summed E-state index contributed by atoms with van der Waals surface area (Å²) in [5.41, 5.74) is 0.817. The lowest BCUT2D eigenvalue weighted by Crippen LogP contribution is -2.36. The highest BCUT2D eigenvalue weighted by Gasteiger charge is 2.26. The first-order valence-electron chi connectivity index (χ1n) is 8.64. The van der Waals surface area contributed by atoms with Gasteiger partial charge in [-0.2, -0.15) is 0 Å². The molecule has 2 aromatic heterocycles. The van der Waals surface area contributed by atoms with Crippen LogP contribution in [0.4, 0.5) is 0 Å². The van der Waals surface area contributed by atoms with Gasteiger partial charge in [0, 0.05) is 12.6 Å². The van der Waals surface area contributed by atoms with E-state index in [0.29, 0.717) is 12.5 Å². The zero-order valence-electron chi connectivity index (χ0n) is 14.3. The zero-order valence-corrected chi connectivity index (χ0v) is 14.3. The van der Waals surface area contributed by atoms with Crippen molar-refractivity contribution in [3.8, 4) is 0 Å². The summed E-state index contributed by atoms with van der Waals surface area (Å²) in [5, 5.41) is 6.92. The number of nitrogens with zero attached hydrogens (tertiary/aromatic N) is 2. The Morgan fingerprint density at radius 1 is 1.38 bits per heavy atom. The standard InChI is InChI=1S/C18H25N3O3/c1-13(2)10-14-11-17(24-20-14)18(22)19-12-15(16-6-5-9-23-16)21-7-3-4-8-21/h5-6,9,11,13,15H,3-4,7-8,10,12H2,1-2H3,(H,19,22)/t15-/m0/s1. The van der Waals surface area contributed by atoms with Crippen LogP contribution in [0, 0.1) is 5.92 Å². The van der Waals surface area contributed by atoms with Crippen LogP contribution in [0.5, 0.6) is 0 Å². The van der Waals surface area contributed by atoms with Gasteiger partial charge in [-0.05, 0) is 50.4 Å². The monoisotopic (exact) mass is 331 g/mol. The number of hydrogen-bond acceptors (Lipinski definition) is 5. The molecule has 0 aromatic carbocycles. The number of hydrogen-bond donors (Lipinski definition) is 1. The molecule has 1 aliphatic rings. The number of aromatic nitrogens is 1. The zero-order chi connectivity index (χ0) is 16.9. The molecule has 1 fully saturated rings. The molecule has 130 valence electrons. The van der Waals surface area contributed by atoms with Crippen molar-refractivity contribution < 1.29 is 13.7 Å². The van der Waals surface area contributed by atoms with Crippen molar-refractivity contribution in [1.29, 1.82) is 0 Å². The van der Waals surface area contributed by atoms with Gasteiger partial charge in [-0.1, -0.05) is 19.0 Å². The van der Waals surface area contributed by atoms with Crippen molar-refractivity contribution in [2.45, 2.75) is 39.2 Å². The molecule has 0 bridgehead atoms. The maximum absolute atomic E-state index is 12.3. The molecular weight excluding hydrogens is 306 g/mol. The summed E-state index contributed by atoms with van der Waals surface area (Å²) in [6.07, 6.45) is 4.85. The van der Waals surface area contributed by atoms with Crippen LogP contribution in [-0.2, 0) is 6.42 Å². The second-order valence-electron chi connectivity index (χ2n) is 6.76. The number of amides is 1. The summed E-state index contributed by atoms with van der Waals surface area (Å²) in [7, 11) is 0. The Kier molecular flexibility index (Phi) is 5.35. The Balaban J connectivity index is 1.61. The predicted octanol–water partition coefficient (Wildman–Crippen LogP) is 3.03. The van der Waals surface area contributed by atoms with E-state index in [1.807, 2.05) is 12.1 Å². The van der Waals surface area contributed by atoms with Gasteiger partial charge in [0.2, 0.25) is 5.76 Å². The van der Waals surface area contributed by atoms with Gasteiger partial charge in [0.1, 0.15) is 5.76 Å². The van der Waals surface area contributed by atoms with Gasteiger partial charge in [0.15, 0.2) is 0 Å². The molecule has 1 saturated heterocycles. The normalized spacial score (nSPS) is 16.6. The Bertz CT molecular complexity index is 642. The van der Waals surface area contributed by atoms with Crippen molar-refractivity contribution in [2.24, 2.45) is 5.92 Å². The molecule has 0 radical (unpaired) electrons. The molecular formula is C18H25N3O3. The van der Waals surface area contributed by atoms with E-state index < -0.39 is 0 Å². The Morgan fingerprint density at radius 3 is 2.83 bits per heavy atom. The van der Waals surface area contributed by atoms with Crippen LogP contribution in [0.25, 0.3) is 0 Å². The van der Waals surface area contributed by atoms with Crippen LogP contribution in [0.3, 0.4) is 0 Å². The van der Waals surface area contributed by atoms with E-state index >= 15 is 0 Å². The summed E-state index contributed by atoms with van der Waals surface area (Å²) in [6, 6.07) is 5.64. The molecule has 24 heavy (non-hydrogen) atoms. The summed E-state index contributed by atoms with van der Waals surface area (Å²) in [4.78, 5) is 14.7. The van der Waals surface area contributed by atoms with Gasteiger partial charge in [-0.25, -0.2) is 0 Å². The van der Waals surface area contributed by atoms with Crippen LogP contribution >= 0.6 is 0 Å². The largest absolute Gasteiger partial charge is 0.468 e. The lowest BCUT2D eigenvalue weighted by molar-refractivity contribution is 0.0897. The van der Waals surface area contributed by atoms with Crippen molar-refractivity contribution in [3.63, 3.8) is 0 Å². The molecule has 6 heteroatoms. The number of likely N-dealkylation sites (tertiary alicyclic amines) is 1. The quantitative estimate of drug-likeness (QED) is 0.844. The Hall–Kier alpha value is -2.08. The molecule has 3 heterocycles. The van der Waals surface area contributed by atoms with E-state index in [1.165, 1.54) is 12.8 Å². The summed E-state index contributed by atoms with van der Waals surface area (Å²) in [5.74, 6) is 1.40. The van der Waals surface area contributed by atoms with E-state index in [2.05, 4.69) is 29.2 Å². The minimum absolute atomic E-state index is 0.0597. The van der Waals surface area contributed by atoms with Crippen LogP contribution < -0.4 is 5.32 Å². The van der Waals surface area contributed by atoms with Crippen molar-refractivity contribution in [3.05, 3.63) is 41.7 Å². The SMILES string of the molecule is CC(C)Cc1cc(C(=O)NC[C@@H](c2ccco2)N2CCCC2)on1. The van der Waals surface area contributed by atoms with Gasteiger partial charge >= 0.3 is 0 Å². The van der Waals surface area contributed by atoms with Crippen LogP contribution in [0.15, 0.2) is 33.4 Å². The minimum Gasteiger partial charge on any atom is -0.468 e. The van der Waals surface area contributed by atoms with Crippen molar-refractivity contribution in [2.75, 3.05) is 19.6 Å². The van der Waals surface area contributed by atoms with E-state index in [0.717, 1.165) is 31.0 Å². The Morgan fingerprint density at radius 2 is 2.17 bits per heavy atom. The third-order valence-corrected chi connectivity index (χ3v) is 4.31. The first-order valence-corrected chi connectivity index (χ1v) is 8.64. The fraction of sp³-hybridized carbons (Fsp3) is 0.556. The number of rotatable bonds is 7. The van der Waals surface area contributed by atoms with Gasteiger partial charge < -0.3 is 14.3 Å². The first-order chi connectivity index (χ1) is 11.6. The Labute approximate surface area is 142 Å². The minimum atomic E-state index is -0.228. The molecule has 0 unspecified atom stereocenters. The average molecular weight is 331 g/mol. The van der Waals surface area contributed by atoms with Gasteiger partial charge in [0.05, 0.1) is 18.0 Å². The number of carbonyl (C=O) groups excluding carboxylic acids is 1. The molecule has 1 aliphatic heterocycles. The van der Waals surface area contributed by atoms with E-state index in [-0.39, 0.29) is 17.7 Å². The van der Waals surface area contributed by atoms with E-state index in [1.54, 1.807) is 12.3 Å². The summed E-state index contributed by atoms with van der Waals surface area (Å²) in [6.45, 7) is 6.77. The van der Waals surface area contributed by atoms with E-state index in [4.69, 9.17) is 8.94 Å². The predicted molar refractivity (Wildman–Crippen MR) is 89.6 cm³/mol. The molecule has 1 amide bonds. The van der Waals surface area contributed by atoms with Crippen LogP contribution in [0.1, 0.15) is 54.7 Å². The van der Waals surface area contributed by atoms with E-state index in [9.17, 15) is 4.79 Å². The fourth-order valence-corrected chi connectivity index (χ4v) is 3.15. The second-order valence-corrected chi connectivity index (χ2v) is 6.76. The molecule has 0 aliphatic carbocycles. The number of nitrogens with one attached hydrogen (secondary N) is 1. The highest BCUT2D eigenvalue weighted by Crippen LogP contribution is 2.25. The number of furan rings is 1. The highest BCUT2D eigenvalue weighted by atomic mass is 16.5. The maximum Gasteiger partial charge on any atom is 0.289 e. The summed E-state index contributed by atoms with van der Waals surface area (Å²) < 4.78 is 10.7. The highest BCUT2D eigenvalue weighted by molar-refractivity contribution is 5.91. The lowest BCUT2D eigenvalue weighted by atomic mass is 10.1. The average Bonchev–Trinajstić information content (AvgIpc) is 3.29. The van der Waals surface area contributed by atoms with Crippen molar-refractivity contribution in [1.82, 2.24) is 15.4 Å². The number of carbonyl (C=O) groups is 1. The fourth-order valence-electron chi connectivity index (χ4n) is 3.15. The third-order valence-electron chi connectivity index (χ3n) is 4.31. The van der Waals surface area contributed by atoms with Gasteiger partial charge in [-0.15, -0.1) is 0 Å². The van der Waals surface area contributed by atoms with Crippen LogP contribution in [0.2, 0.25) is 0 Å². The third kappa shape index (κ3) is 4.06. The maximum atomic E-state index is 12.3. The topological polar surface area (TPSA) is 71.5 Å². The summed E-state index contributed by atoms with van der Waals surface area (Å²) >= 11 is 0. The molecule has 0 saturated carbocycles. The first kappa shape index (κ1) is 16.8. The van der Waals surface area contributed by atoms with Crippen molar-refractivity contribution >= 4 is 5.91 Å². The van der Waals surface area contributed by atoms with Crippen LogP contribution in [-0.4, -0.2) is 35.6 Å². The molecule has 3 rings (SSSR count). The second kappa shape index (κ2) is 7.66. The molecule has 2 aromatic rings. The molecule has 0 spiro atoms. The molecule has 1 atom stereocenters.